The predicted octanol–water partition coefficient (Wildman–Crippen LogP) is 3.10. The molecule has 0 aromatic heterocycles. The van der Waals surface area contributed by atoms with Crippen molar-refractivity contribution < 1.29 is 32.7 Å². The van der Waals surface area contributed by atoms with Crippen LogP contribution in [-0.4, -0.2) is 23.9 Å². The van der Waals surface area contributed by atoms with Gasteiger partial charge < -0.3 is 20.4 Å². The second kappa shape index (κ2) is 7.27. The Labute approximate surface area is 130 Å². The zero-order chi connectivity index (χ0) is 12.3. The number of allylic oxidation sites excluding steroid dienone is 4. The fraction of sp³-hybridized carbons (Fsp3) is 0.500. The Morgan fingerprint density at radius 3 is 1.12 bits per heavy atom. The van der Waals surface area contributed by atoms with Crippen molar-refractivity contribution in [2.45, 2.75) is 27.7 Å². The third-order valence-corrected chi connectivity index (χ3v) is 2.79. The van der Waals surface area contributed by atoms with E-state index in [9.17, 15) is 0 Å². The topological polar surface area (TPSA) is 34.7 Å². The van der Waals surface area contributed by atoms with Crippen LogP contribution in [0.1, 0.15) is 27.7 Å². The summed E-state index contributed by atoms with van der Waals surface area (Å²) >= 11 is 0. The molecule has 0 saturated carbocycles. The van der Waals surface area contributed by atoms with Crippen LogP contribution in [0, 0.1) is 13.3 Å². The molecule has 2 heterocycles. The summed E-state index contributed by atoms with van der Waals surface area (Å²) in [5.41, 5.74) is 4.50. The van der Waals surface area contributed by atoms with Gasteiger partial charge in [-0.1, -0.05) is 13.8 Å². The fourth-order valence-electron chi connectivity index (χ4n) is 1.10. The van der Waals surface area contributed by atoms with Crippen LogP contribution in [0.15, 0.2) is 22.8 Å². The van der Waals surface area contributed by atoms with Gasteiger partial charge in [0.1, 0.15) is 0 Å². The van der Waals surface area contributed by atoms with Gasteiger partial charge in [0, 0.05) is 46.8 Å². The number of hydrogen-bond donors (Lipinski definition) is 0. The fourth-order valence-corrected chi connectivity index (χ4v) is 1.10. The van der Waals surface area contributed by atoms with E-state index < -0.39 is 0 Å². The maximum atomic E-state index is 3.95. The van der Waals surface area contributed by atoms with Crippen molar-refractivity contribution in [1.29, 1.82) is 0 Å². The molecule has 0 aromatic carbocycles. The van der Waals surface area contributed by atoms with Crippen LogP contribution in [0.4, 0.5) is 0 Å². The van der Waals surface area contributed by atoms with E-state index in [2.05, 4.69) is 24.0 Å². The van der Waals surface area contributed by atoms with E-state index in [4.69, 9.17) is 0 Å². The molecule has 91 valence electrons. The minimum atomic E-state index is 0. The molecule has 2 aliphatic rings. The molecular formula is C12H18N4Y-2. The Morgan fingerprint density at radius 2 is 1.06 bits per heavy atom. The van der Waals surface area contributed by atoms with Crippen LogP contribution >= 0.6 is 0 Å². The van der Waals surface area contributed by atoms with Crippen LogP contribution in [0.3, 0.4) is 0 Å². The predicted molar refractivity (Wildman–Crippen MR) is 65.5 cm³/mol. The molecule has 0 atom stereocenters. The van der Waals surface area contributed by atoms with Gasteiger partial charge in [-0.3, -0.25) is 0 Å². The molecular weight excluding hydrogens is 289 g/mol. The van der Waals surface area contributed by atoms with E-state index in [1.807, 2.05) is 51.6 Å². The van der Waals surface area contributed by atoms with E-state index in [0.717, 1.165) is 11.4 Å². The van der Waals surface area contributed by atoms with Crippen LogP contribution in [-0.2, 0) is 32.7 Å². The Morgan fingerprint density at radius 1 is 0.765 bits per heavy atom. The van der Waals surface area contributed by atoms with Crippen molar-refractivity contribution in [1.82, 2.24) is 9.80 Å². The SMILES string of the molecule is CC1=C(C)N(C)[C][N-]1.CC1=C(C)N(C)[C][N-]1.[Y]. The van der Waals surface area contributed by atoms with Crippen molar-refractivity contribution in [2.75, 3.05) is 14.1 Å². The van der Waals surface area contributed by atoms with E-state index in [1.165, 1.54) is 11.4 Å². The molecule has 0 N–H and O–H groups in total. The Hall–Kier alpha value is -0.216. The number of hydrogen-bond acceptors (Lipinski definition) is 2. The van der Waals surface area contributed by atoms with Gasteiger partial charge in [0.05, 0.1) is 0 Å². The second-order valence-electron chi connectivity index (χ2n) is 3.88. The third-order valence-electron chi connectivity index (χ3n) is 2.79. The average molecular weight is 307 g/mol. The molecule has 4 nitrogen and oxygen atoms in total. The maximum absolute atomic E-state index is 3.95. The summed E-state index contributed by atoms with van der Waals surface area (Å²) in [5.74, 6) is 0. The Kier molecular flexibility index (Phi) is 7.18. The molecule has 0 bridgehead atoms. The molecule has 2 rings (SSSR count). The molecule has 0 spiro atoms. The summed E-state index contributed by atoms with van der Waals surface area (Å²) in [7, 11) is 3.88. The molecule has 17 heavy (non-hydrogen) atoms. The quantitative estimate of drug-likeness (QED) is 0.689. The van der Waals surface area contributed by atoms with Gasteiger partial charge in [-0.25, -0.2) is 0 Å². The van der Waals surface area contributed by atoms with E-state index >= 15 is 0 Å². The number of rotatable bonds is 0. The summed E-state index contributed by atoms with van der Waals surface area (Å²) in [6.45, 7) is 13.6. The van der Waals surface area contributed by atoms with Gasteiger partial charge in [-0.15, -0.1) is 11.4 Å². The smallest absolute Gasteiger partial charge is 0.00502 e. The van der Waals surface area contributed by atoms with Gasteiger partial charge in [-0.05, 0) is 38.6 Å². The van der Waals surface area contributed by atoms with Crippen LogP contribution in [0.2, 0.25) is 0 Å². The summed E-state index contributed by atoms with van der Waals surface area (Å²) in [5, 5.41) is 7.91. The van der Waals surface area contributed by atoms with E-state index in [1.54, 1.807) is 0 Å². The zero-order valence-corrected chi connectivity index (χ0v) is 14.2. The molecule has 0 fully saturated rings. The molecule has 0 aliphatic carbocycles. The van der Waals surface area contributed by atoms with Crippen molar-refractivity contribution in [3.05, 3.63) is 46.8 Å². The van der Waals surface area contributed by atoms with Gasteiger partial charge >= 0.3 is 0 Å². The molecule has 0 aromatic rings. The summed E-state index contributed by atoms with van der Waals surface area (Å²) < 4.78 is 0. The van der Waals surface area contributed by atoms with Gasteiger partial charge in [0.15, 0.2) is 0 Å². The first-order chi connectivity index (χ1) is 7.43. The average Bonchev–Trinajstić information content (AvgIpc) is 2.70. The van der Waals surface area contributed by atoms with Gasteiger partial charge in [-0.2, -0.15) is 0 Å². The normalized spacial score (nSPS) is 18.5. The van der Waals surface area contributed by atoms with Crippen molar-refractivity contribution in [3.63, 3.8) is 0 Å². The van der Waals surface area contributed by atoms with E-state index in [-0.39, 0.29) is 32.7 Å². The van der Waals surface area contributed by atoms with Gasteiger partial charge in [0.25, 0.3) is 0 Å². The van der Waals surface area contributed by atoms with Crippen molar-refractivity contribution in [2.24, 2.45) is 0 Å². The van der Waals surface area contributed by atoms with Crippen LogP contribution in [0.5, 0.6) is 0 Å². The summed E-state index contributed by atoms with van der Waals surface area (Å²) in [6.07, 6.45) is 0. The first-order valence-corrected chi connectivity index (χ1v) is 5.18. The molecule has 0 saturated heterocycles. The summed E-state index contributed by atoms with van der Waals surface area (Å²) in [4.78, 5) is 3.77. The Bertz CT molecular complexity index is 290. The van der Waals surface area contributed by atoms with Crippen LogP contribution in [0.25, 0.3) is 10.6 Å². The second-order valence-corrected chi connectivity index (χ2v) is 3.88. The van der Waals surface area contributed by atoms with Crippen molar-refractivity contribution in [3.8, 4) is 0 Å². The third kappa shape index (κ3) is 4.51. The monoisotopic (exact) mass is 307 g/mol. The Balaban J connectivity index is 0.000000284. The minimum Gasteiger partial charge on any atom is -0.663 e. The van der Waals surface area contributed by atoms with Gasteiger partial charge in [0.2, 0.25) is 0 Å². The molecule has 0 unspecified atom stereocenters. The maximum Gasteiger partial charge on any atom is 0.00502 e. The first kappa shape index (κ1) is 16.8. The molecule has 5 heteroatoms. The summed E-state index contributed by atoms with van der Waals surface area (Å²) in [6, 6.07) is 0. The molecule has 2 aliphatic heterocycles. The standard InChI is InChI=1S/2C6H9N2.Y/c2*1-5-6(2)8(3)4-7-5;/h2*1-3H3;/q2*-1;. The molecule has 5 radical (unpaired) electrons. The van der Waals surface area contributed by atoms with Crippen LogP contribution < -0.4 is 0 Å². The number of nitrogens with zero attached hydrogens (tertiary/aromatic N) is 4. The van der Waals surface area contributed by atoms with Crippen molar-refractivity contribution >= 4 is 0 Å². The largest absolute Gasteiger partial charge is 0.663 e. The zero-order valence-electron chi connectivity index (χ0n) is 11.4. The van der Waals surface area contributed by atoms with E-state index in [0.29, 0.717) is 0 Å². The minimum absolute atomic E-state index is 0. The first-order valence-electron chi connectivity index (χ1n) is 5.18. The molecule has 0 amide bonds.